The molecule has 0 saturated heterocycles. The minimum atomic E-state index is -4.46. The van der Waals surface area contributed by atoms with E-state index in [4.69, 9.17) is 4.18 Å². The van der Waals surface area contributed by atoms with Crippen molar-refractivity contribution in [1.29, 1.82) is 0 Å². The van der Waals surface area contributed by atoms with Crippen molar-refractivity contribution >= 4 is 21.5 Å². The van der Waals surface area contributed by atoms with Gasteiger partial charge in [-0.3, -0.25) is 20.2 Å². The van der Waals surface area contributed by atoms with Crippen molar-refractivity contribution < 1.29 is 22.4 Å². The van der Waals surface area contributed by atoms with Crippen molar-refractivity contribution in [2.45, 2.75) is 18.7 Å². The summed E-state index contributed by atoms with van der Waals surface area (Å²) in [5, 5.41) is 22.2. The molecule has 0 aliphatic rings. The molecule has 2 rings (SSSR count). The van der Waals surface area contributed by atoms with Crippen LogP contribution in [0.2, 0.25) is 0 Å². The lowest BCUT2D eigenvalue weighted by atomic mass is 10.2. The first-order valence-corrected chi connectivity index (χ1v) is 7.97. The summed E-state index contributed by atoms with van der Waals surface area (Å²) in [5.74, 6) is -0.920. The molecule has 10 heteroatoms. The lowest BCUT2D eigenvalue weighted by Gasteiger charge is -2.09. The lowest BCUT2D eigenvalue weighted by Crippen LogP contribution is -2.12. The molecular formula is C14H12N2O7S. The Labute approximate surface area is 136 Å². The van der Waals surface area contributed by atoms with Gasteiger partial charge in [0.2, 0.25) is 0 Å². The second kappa shape index (κ2) is 6.24. The van der Waals surface area contributed by atoms with Crippen molar-refractivity contribution in [3.05, 3.63) is 67.8 Å². The first-order chi connectivity index (χ1) is 11.1. The molecule has 2 aromatic carbocycles. The number of nitro groups is 2. The third-order valence-corrected chi connectivity index (χ3v) is 4.33. The van der Waals surface area contributed by atoms with Gasteiger partial charge in [-0.1, -0.05) is 17.7 Å². The standard InChI is InChI=1S/C14H12N2O7S/c1-9-3-5-11(6-4-9)24(21,22)23-14-12(15(17)18)7-10(2)8-13(14)16(19)20/h3-8H,1-2H3. The van der Waals surface area contributed by atoms with E-state index in [1.54, 1.807) is 6.92 Å². The molecule has 2 aromatic rings. The van der Waals surface area contributed by atoms with Crippen molar-refractivity contribution in [2.75, 3.05) is 0 Å². The highest BCUT2D eigenvalue weighted by Crippen LogP contribution is 2.39. The van der Waals surface area contributed by atoms with Gasteiger partial charge in [0.15, 0.2) is 0 Å². The van der Waals surface area contributed by atoms with Gasteiger partial charge in [0.25, 0.3) is 5.75 Å². The molecule has 0 aliphatic carbocycles. The van der Waals surface area contributed by atoms with Crippen molar-refractivity contribution in [2.24, 2.45) is 0 Å². The number of nitro benzene ring substituents is 2. The van der Waals surface area contributed by atoms with Crippen LogP contribution in [0, 0.1) is 34.1 Å². The molecule has 0 unspecified atom stereocenters. The van der Waals surface area contributed by atoms with Gasteiger partial charge in [-0.25, -0.2) is 0 Å². The second-order valence-corrected chi connectivity index (χ2v) is 6.54. The fraction of sp³-hybridized carbons (Fsp3) is 0.143. The Kier molecular flexibility index (Phi) is 4.51. The van der Waals surface area contributed by atoms with E-state index in [2.05, 4.69) is 0 Å². The molecule has 9 nitrogen and oxygen atoms in total. The maximum Gasteiger partial charge on any atom is 0.339 e. The monoisotopic (exact) mass is 352 g/mol. The largest absolute Gasteiger partial charge is 0.364 e. The number of aryl methyl sites for hydroxylation is 2. The Bertz CT molecular complexity index is 886. The predicted octanol–water partition coefficient (Wildman–Crippen LogP) is 2.89. The molecule has 126 valence electrons. The van der Waals surface area contributed by atoms with Gasteiger partial charge in [-0.2, -0.15) is 8.42 Å². The minimum absolute atomic E-state index is 0.230. The van der Waals surface area contributed by atoms with E-state index < -0.39 is 37.1 Å². The molecule has 0 heterocycles. The SMILES string of the molecule is Cc1ccc(S(=O)(=O)Oc2c([N+](=O)[O-])cc(C)cc2[N+](=O)[O-])cc1. The third-order valence-electron chi connectivity index (χ3n) is 3.09. The van der Waals surface area contributed by atoms with E-state index in [0.29, 0.717) is 0 Å². The van der Waals surface area contributed by atoms with Gasteiger partial charge in [-0.15, -0.1) is 0 Å². The number of benzene rings is 2. The maximum absolute atomic E-state index is 12.3. The Hall–Kier alpha value is -3.01. The average Bonchev–Trinajstić information content (AvgIpc) is 2.48. The zero-order chi connectivity index (χ0) is 18.1. The van der Waals surface area contributed by atoms with Gasteiger partial charge in [0.05, 0.1) is 9.85 Å². The van der Waals surface area contributed by atoms with Gasteiger partial charge < -0.3 is 4.18 Å². The topological polar surface area (TPSA) is 130 Å². The molecule has 0 radical (unpaired) electrons. The summed E-state index contributed by atoms with van der Waals surface area (Å²) in [6.45, 7) is 3.16. The van der Waals surface area contributed by atoms with Crippen LogP contribution in [-0.4, -0.2) is 18.3 Å². The van der Waals surface area contributed by atoms with Crippen LogP contribution in [-0.2, 0) is 10.1 Å². The Morgan fingerprint density at radius 2 is 1.33 bits per heavy atom. The van der Waals surface area contributed by atoms with E-state index in [1.807, 2.05) is 0 Å². The summed E-state index contributed by atoms with van der Waals surface area (Å²) in [6.07, 6.45) is 0. The van der Waals surface area contributed by atoms with Gasteiger partial charge in [-0.05, 0) is 31.5 Å². The zero-order valence-corrected chi connectivity index (χ0v) is 13.4. The maximum atomic E-state index is 12.3. The molecule has 0 spiro atoms. The molecule has 0 atom stereocenters. The highest BCUT2D eigenvalue weighted by atomic mass is 32.2. The van der Waals surface area contributed by atoms with Gasteiger partial charge in [0, 0.05) is 12.1 Å². The van der Waals surface area contributed by atoms with Crippen LogP contribution in [0.15, 0.2) is 41.3 Å². The Morgan fingerprint density at radius 1 is 0.875 bits per heavy atom. The zero-order valence-electron chi connectivity index (χ0n) is 12.6. The molecule has 0 bridgehead atoms. The number of rotatable bonds is 5. The van der Waals surface area contributed by atoms with Crippen LogP contribution in [0.1, 0.15) is 11.1 Å². The summed E-state index contributed by atoms with van der Waals surface area (Å²) < 4.78 is 29.3. The summed E-state index contributed by atoms with van der Waals surface area (Å²) in [4.78, 5) is 20.1. The summed E-state index contributed by atoms with van der Waals surface area (Å²) in [5.41, 5.74) is -0.565. The summed E-state index contributed by atoms with van der Waals surface area (Å²) >= 11 is 0. The fourth-order valence-electron chi connectivity index (χ4n) is 1.95. The number of nitrogens with zero attached hydrogens (tertiary/aromatic N) is 2. The highest BCUT2D eigenvalue weighted by molar-refractivity contribution is 7.87. The molecule has 0 N–H and O–H groups in total. The number of hydrogen-bond donors (Lipinski definition) is 0. The van der Waals surface area contributed by atoms with Crippen LogP contribution in [0.4, 0.5) is 11.4 Å². The molecule has 0 fully saturated rings. The van der Waals surface area contributed by atoms with E-state index in [0.717, 1.165) is 17.7 Å². The van der Waals surface area contributed by atoms with Crippen LogP contribution < -0.4 is 4.18 Å². The van der Waals surface area contributed by atoms with Crippen LogP contribution in [0.3, 0.4) is 0 Å². The van der Waals surface area contributed by atoms with Gasteiger partial charge >= 0.3 is 21.5 Å². The van der Waals surface area contributed by atoms with E-state index >= 15 is 0 Å². The number of hydrogen-bond acceptors (Lipinski definition) is 7. The van der Waals surface area contributed by atoms with Crippen LogP contribution in [0.25, 0.3) is 0 Å². The molecular weight excluding hydrogens is 340 g/mol. The highest BCUT2D eigenvalue weighted by Gasteiger charge is 2.32. The smallest absolute Gasteiger partial charge is 0.339 e. The average molecular weight is 352 g/mol. The Balaban J connectivity index is 2.61. The third kappa shape index (κ3) is 3.49. The van der Waals surface area contributed by atoms with Crippen molar-refractivity contribution in [1.82, 2.24) is 0 Å². The predicted molar refractivity (Wildman–Crippen MR) is 83.5 cm³/mol. The Morgan fingerprint density at radius 3 is 1.75 bits per heavy atom. The lowest BCUT2D eigenvalue weighted by molar-refractivity contribution is -0.395. The second-order valence-electron chi connectivity index (χ2n) is 5.00. The summed E-state index contributed by atoms with van der Waals surface area (Å²) in [7, 11) is -4.46. The molecule has 0 saturated carbocycles. The first-order valence-electron chi connectivity index (χ1n) is 6.56. The van der Waals surface area contributed by atoms with E-state index in [9.17, 15) is 28.6 Å². The van der Waals surface area contributed by atoms with Crippen molar-refractivity contribution in [3.63, 3.8) is 0 Å². The van der Waals surface area contributed by atoms with Crippen molar-refractivity contribution in [3.8, 4) is 5.75 Å². The first kappa shape index (κ1) is 17.3. The fourth-order valence-corrected chi connectivity index (χ4v) is 2.91. The molecule has 0 aliphatic heterocycles. The normalized spacial score (nSPS) is 11.1. The molecule has 0 amide bonds. The van der Waals surface area contributed by atoms with E-state index in [1.165, 1.54) is 31.2 Å². The van der Waals surface area contributed by atoms with Crippen LogP contribution >= 0.6 is 0 Å². The molecule has 24 heavy (non-hydrogen) atoms. The summed E-state index contributed by atoms with van der Waals surface area (Å²) in [6, 6.07) is 7.52. The van der Waals surface area contributed by atoms with E-state index in [-0.39, 0.29) is 10.5 Å². The van der Waals surface area contributed by atoms with Crippen LogP contribution in [0.5, 0.6) is 5.75 Å². The minimum Gasteiger partial charge on any atom is -0.364 e. The van der Waals surface area contributed by atoms with Gasteiger partial charge in [0.1, 0.15) is 4.90 Å². The quantitative estimate of drug-likeness (QED) is 0.459. The molecule has 0 aromatic heterocycles.